The molecule has 2 aromatic heterocycles. The van der Waals surface area contributed by atoms with Crippen molar-refractivity contribution in [3.63, 3.8) is 0 Å². The Kier molecular flexibility index (Phi) is 9.47. The monoisotopic (exact) mass is 695 g/mol. The van der Waals surface area contributed by atoms with Crippen molar-refractivity contribution in [2.24, 2.45) is 0 Å². The molecular weight excluding hydrogens is 647 g/mol. The van der Waals surface area contributed by atoms with Gasteiger partial charge >= 0.3 is 5.97 Å². The Bertz CT molecular complexity index is 2190. The number of hydrogen-bond donors (Lipinski definition) is 0. The molecule has 268 valence electrons. The van der Waals surface area contributed by atoms with E-state index in [1.54, 1.807) is 0 Å². The van der Waals surface area contributed by atoms with Crippen molar-refractivity contribution in [1.82, 2.24) is 23.9 Å². The third kappa shape index (κ3) is 6.55. The fourth-order valence-corrected chi connectivity index (χ4v) is 7.99. The first-order chi connectivity index (χ1) is 25.4. The van der Waals surface area contributed by atoms with Gasteiger partial charge in [0.15, 0.2) is 0 Å². The summed E-state index contributed by atoms with van der Waals surface area (Å²) in [6.07, 6.45) is 0. The van der Waals surface area contributed by atoms with Crippen LogP contribution in [0.1, 0.15) is 13.8 Å². The molecule has 6 aromatic rings. The Balaban J connectivity index is 1.27. The van der Waals surface area contributed by atoms with Gasteiger partial charge in [-0.3, -0.25) is 4.79 Å². The van der Waals surface area contributed by atoms with E-state index in [9.17, 15) is 4.79 Å². The van der Waals surface area contributed by atoms with Gasteiger partial charge in [0.2, 0.25) is 0 Å². The van der Waals surface area contributed by atoms with Crippen LogP contribution >= 0.6 is 0 Å². The molecule has 2 saturated heterocycles. The van der Waals surface area contributed by atoms with Crippen LogP contribution in [0.5, 0.6) is 0 Å². The first-order valence-electron chi connectivity index (χ1n) is 18.7. The first-order valence-corrected chi connectivity index (χ1v) is 18.7. The van der Waals surface area contributed by atoms with Gasteiger partial charge in [0, 0.05) is 116 Å². The van der Waals surface area contributed by atoms with E-state index in [0.717, 1.165) is 92.8 Å². The molecule has 2 fully saturated rings. The Morgan fingerprint density at radius 3 is 1.81 bits per heavy atom. The summed E-state index contributed by atoms with van der Waals surface area (Å²) in [5, 5.41) is 2.44. The number of imidazole rings is 1. The number of likely N-dealkylation sites (N-methyl/N-ethyl adjacent to an activating group) is 2. The number of benzene rings is 4. The van der Waals surface area contributed by atoms with Crippen LogP contribution in [0.2, 0.25) is 0 Å². The Hall–Kier alpha value is -5.12. The van der Waals surface area contributed by atoms with E-state index in [-0.39, 0.29) is 12.6 Å². The lowest BCUT2D eigenvalue weighted by atomic mass is 10.0. The van der Waals surface area contributed by atoms with Crippen LogP contribution in [0.15, 0.2) is 91.0 Å². The van der Waals surface area contributed by atoms with Crippen LogP contribution in [0.3, 0.4) is 0 Å². The lowest BCUT2D eigenvalue weighted by molar-refractivity contribution is -0.141. The summed E-state index contributed by atoms with van der Waals surface area (Å²) in [7, 11) is 4.38. The minimum absolute atomic E-state index is 0.254. The SMILES string of the molecule is CCn1c2ccccc2c2cc(-c3nc(-c4ccc(N5CCN(C)CC5)cc4)c(-c4ccc(N5CCN(C)CC5)cc4)n3CCOC(C)=O)ccc21. The highest BCUT2D eigenvalue weighted by molar-refractivity contribution is 6.09. The van der Waals surface area contributed by atoms with E-state index < -0.39 is 0 Å². The second-order valence-corrected chi connectivity index (χ2v) is 14.3. The minimum atomic E-state index is -0.284. The Morgan fingerprint density at radius 1 is 0.654 bits per heavy atom. The van der Waals surface area contributed by atoms with Crippen molar-refractivity contribution >= 4 is 39.1 Å². The second-order valence-electron chi connectivity index (χ2n) is 14.3. The predicted molar refractivity (Wildman–Crippen MR) is 213 cm³/mol. The van der Waals surface area contributed by atoms with E-state index >= 15 is 0 Å². The summed E-state index contributed by atoms with van der Waals surface area (Å²) >= 11 is 0. The summed E-state index contributed by atoms with van der Waals surface area (Å²) in [5.41, 5.74) is 10.0. The van der Waals surface area contributed by atoms with Crippen molar-refractivity contribution in [3.8, 4) is 33.9 Å². The molecular formula is C43H49N7O2. The van der Waals surface area contributed by atoms with Gasteiger partial charge in [-0.1, -0.05) is 42.5 Å². The van der Waals surface area contributed by atoms with E-state index in [2.05, 4.69) is 141 Å². The summed E-state index contributed by atoms with van der Waals surface area (Å²) in [6.45, 7) is 13.6. The van der Waals surface area contributed by atoms with Gasteiger partial charge in [0.1, 0.15) is 12.4 Å². The zero-order chi connectivity index (χ0) is 35.8. The van der Waals surface area contributed by atoms with Crippen molar-refractivity contribution in [3.05, 3.63) is 91.0 Å². The van der Waals surface area contributed by atoms with Crippen LogP contribution < -0.4 is 9.80 Å². The van der Waals surface area contributed by atoms with Gasteiger partial charge in [-0.05, 0) is 69.6 Å². The highest BCUT2D eigenvalue weighted by atomic mass is 16.5. The Labute approximate surface area is 306 Å². The number of aryl methyl sites for hydroxylation is 1. The van der Waals surface area contributed by atoms with Crippen molar-refractivity contribution in [2.45, 2.75) is 26.9 Å². The first kappa shape index (κ1) is 34.0. The molecule has 2 aliphatic rings. The third-order valence-corrected chi connectivity index (χ3v) is 11.0. The normalized spacial score (nSPS) is 15.9. The molecule has 9 nitrogen and oxygen atoms in total. The molecule has 8 rings (SSSR count). The molecule has 0 radical (unpaired) electrons. The van der Waals surface area contributed by atoms with E-state index in [1.165, 1.54) is 40.1 Å². The number of para-hydroxylation sites is 1. The van der Waals surface area contributed by atoms with Crippen LogP contribution in [0.25, 0.3) is 55.7 Å². The topological polar surface area (TPSA) is 62.0 Å². The number of piperazine rings is 2. The number of nitrogens with zero attached hydrogens (tertiary/aromatic N) is 7. The Morgan fingerprint density at radius 2 is 1.21 bits per heavy atom. The molecule has 0 spiro atoms. The number of fused-ring (bicyclic) bond motifs is 3. The van der Waals surface area contributed by atoms with Gasteiger partial charge in [0.05, 0.1) is 17.9 Å². The highest BCUT2D eigenvalue weighted by Crippen LogP contribution is 2.39. The summed E-state index contributed by atoms with van der Waals surface area (Å²) in [4.78, 5) is 27.2. The third-order valence-electron chi connectivity index (χ3n) is 11.0. The average molecular weight is 696 g/mol. The molecule has 0 aliphatic carbocycles. The van der Waals surface area contributed by atoms with Gasteiger partial charge in [-0.25, -0.2) is 4.98 Å². The number of esters is 1. The molecule has 9 heteroatoms. The van der Waals surface area contributed by atoms with Crippen LogP contribution in [0, 0.1) is 0 Å². The molecule has 0 saturated carbocycles. The standard InChI is InChI=1S/C43H49N7O2/c1-5-49-39-9-7-6-8-37(39)38-30-34(14-19-40(38)49)43-44-41(32-10-15-35(16-11-32)47-24-20-45(3)21-25-47)42(50(43)28-29-52-31(2)51)33-12-17-36(18-13-33)48-26-22-46(4)23-27-48/h6-19,30H,5,20-29H2,1-4H3. The summed E-state index contributed by atoms with van der Waals surface area (Å²) < 4.78 is 10.2. The maximum absolute atomic E-state index is 12.0. The quantitative estimate of drug-likeness (QED) is 0.150. The van der Waals surface area contributed by atoms with Gasteiger partial charge in [0.25, 0.3) is 0 Å². The molecule has 0 amide bonds. The lowest BCUT2D eigenvalue weighted by Gasteiger charge is -2.34. The van der Waals surface area contributed by atoms with E-state index in [1.807, 2.05) is 0 Å². The van der Waals surface area contributed by atoms with Gasteiger partial charge in [-0.15, -0.1) is 0 Å². The number of ether oxygens (including phenoxy) is 1. The van der Waals surface area contributed by atoms with E-state index in [4.69, 9.17) is 9.72 Å². The molecule has 0 atom stereocenters. The number of anilines is 2. The summed E-state index contributed by atoms with van der Waals surface area (Å²) in [5.74, 6) is 0.576. The molecule has 2 aliphatic heterocycles. The molecule has 4 aromatic carbocycles. The highest BCUT2D eigenvalue weighted by Gasteiger charge is 2.24. The van der Waals surface area contributed by atoms with Gasteiger partial charge < -0.3 is 33.5 Å². The fourth-order valence-electron chi connectivity index (χ4n) is 7.99. The number of carbonyl (C=O) groups excluding carboxylic acids is 1. The largest absolute Gasteiger partial charge is 0.464 e. The number of hydrogen-bond acceptors (Lipinski definition) is 7. The van der Waals surface area contributed by atoms with Crippen LogP contribution in [0.4, 0.5) is 11.4 Å². The van der Waals surface area contributed by atoms with E-state index in [0.29, 0.717) is 6.54 Å². The molecule has 0 N–H and O–H groups in total. The zero-order valence-corrected chi connectivity index (χ0v) is 30.9. The van der Waals surface area contributed by atoms with Crippen molar-refractivity contribution < 1.29 is 9.53 Å². The zero-order valence-electron chi connectivity index (χ0n) is 30.9. The number of rotatable bonds is 9. The molecule has 0 bridgehead atoms. The minimum Gasteiger partial charge on any atom is -0.464 e. The molecule has 0 unspecified atom stereocenters. The second kappa shape index (κ2) is 14.5. The lowest BCUT2D eigenvalue weighted by Crippen LogP contribution is -2.44. The smallest absolute Gasteiger partial charge is 0.302 e. The van der Waals surface area contributed by atoms with Crippen molar-refractivity contribution in [1.29, 1.82) is 0 Å². The maximum atomic E-state index is 12.0. The summed E-state index contributed by atoms with van der Waals surface area (Å²) in [6, 6.07) is 33.2. The molecule has 4 heterocycles. The fraction of sp³-hybridized carbons (Fsp3) is 0.349. The van der Waals surface area contributed by atoms with Crippen molar-refractivity contribution in [2.75, 3.05) is 82.9 Å². The van der Waals surface area contributed by atoms with Gasteiger partial charge in [-0.2, -0.15) is 0 Å². The van der Waals surface area contributed by atoms with Crippen LogP contribution in [-0.4, -0.2) is 103 Å². The van der Waals surface area contributed by atoms with Crippen LogP contribution in [-0.2, 0) is 22.6 Å². The molecule has 52 heavy (non-hydrogen) atoms. The predicted octanol–water partition coefficient (Wildman–Crippen LogP) is 7.08. The maximum Gasteiger partial charge on any atom is 0.302 e. The number of aromatic nitrogens is 3. The average Bonchev–Trinajstić information content (AvgIpc) is 3.71. The number of carbonyl (C=O) groups is 1.